The number of allylic oxidation sites excluding steroid dienone is 1. The average molecular weight is 518 g/mol. The highest BCUT2D eigenvalue weighted by atomic mass is 32.7. The standard InChI is InChI=1S/C20H32N5O7PS/c21-15(14-34-33(29,30)31)18(26)10-8-6-4-2-1-3-5-7-9-13-22-16-11-12-17(25(27)28)20-19(16)23-32-24-20/h8,10-12,15,18,22,26H,1-7,9,13-14,21H2,(H2,29,30,31)/b10-8+/t15-,18-/m1/s1. The Hall–Kier alpha value is -2.02. The molecule has 2 rings (SSSR count). The monoisotopic (exact) mass is 517 g/mol. The van der Waals surface area contributed by atoms with E-state index in [0.29, 0.717) is 22.6 Å². The van der Waals surface area contributed by atoms with Gasteiger partial charge in [-0.2, -0.15) is 0 Å². The van der Waals surface area contributed by atoms with Crippen molar-refractivity contribution in [2.24, 2.45) is 5.73 Å². The van der Waals surface area contributed by atoms with Gasteiger partial charge in [-0.3, -0.25) is 10.1 Å². The molecular weight excluding hydrogens is 485 g/mol. The Balaban J connectivity index is 1.50. The van der Waals surface area contributed by atoms with Gasteiger partial charge in [-0.25, -0.2) is 9.19 Å². The van der Waals surface area contributed by atoms with E-state index in [4.69, 9.17) is 15.5 Å². The summed E-state index contributed by atoms with van der Waals surface area (Å²) in [6.45, 7) is -3.45. The van der Waals surface area contributed by atoms with E-state index in [1.54, 1.807) is 12.1 Å². The van der Waals surface area contributed by atoms with Gasteiger partial charge in [0.05, 0.1) is 16.7 Å². The second-order valence-electron chi connectivity index (χ2n) is 7.91. The minimum atomic E-state index is -4.17. The number of fused-ring (bicyclic) bond motifs is 1. The number of nitrogens with zero attached hydrogens (tertiary/aromatic N) is 3. The quantitative estimate of drug-likeness (QED) is 0.0670. The Morgan fingerprint density at radius 3 is 2.47 bits per heavy atom. The molecule has 34 heavy (non-hydrogen) atoms. The number of nitrogens with one attached hydrogen (secondary N) is 1. The predicted molar refractivity (Wildman–Crippen MR) is 132 cm³/mol. The number of benzene rings is 1. The highest BCUT2D eigenvalue weighted by Crippen LogP contribution is 2.50. The number of non-ortho nitro benzene ring substituents is 1. The summed E-state index contributed by atoms with van der Waals surface area (Å²) < 4.78 is 15.5. The Morgan fingerprint density at radius 2 is 1.79 bits per heavy atom. The van der Waals surface area contributed by atoms with Crippen LogP contribution in [0.3, 0.4) is 0 Å². The van der Waals surface area contributed by atoms with Crippen LogP contribution >= 0.6 is 18.2 Å². The van der Waals surface area contributed by atoms with Crippen LogP contribution in [0, 0.1) is 10.1 Å². The van der Waals surface area contributed by atoms with Crippen LogP contribution in [-0.4, -0.2) is 54.6 Å². The summed E-state index contributed by atoms with van der Waals surface area (Å²) in [5, 5.41) is 31.5. The first kappa shape index (κ1) is 28.2. The Kier molecular flexibility index (Phi) is 11.9. The van der Waals surface area contributed by atoms with E-state index in [1.165, 1.54) is 6.07 Å². The van der Waals surface area contributed by atoms with Gasteiger partial charge >= 0.3 is 12.5 Å². The third-order valence-corrected chi connectivity index (χ3v) is 7.49. The lowest BCUT2D eigenvalue weighted by Crippen LogP contribution is -2.35. The number of anilines is 1. The second kappa shape index (κ2) is 14.4. The fourth-order valence-corrected chi connectivity index (χ4v) is 4.96. The van der Waals surface area contributed by atoms with E-state index in [9.17, 15) is 19.8 Å². The number of aromatic nitrogens is 2. The number of rotatable bonds is 17. The molecule has 0 aliphatic rings. The van der Waals surface area contributed by atoms with Gasteiger partial charge in [0.25, 0.3) is 0 Å². The fourth-order valence-electron chi connectivity index (χ4n) is 3.30. The first-order valence-corrected chi connectivity index (χ1v) is 14.3. The molecule has 190 valence electrons. The van der Waals surface area contributed by atoms with Gasteiger partial charge in [-0.05, 0) is 47.0 Å². The van der Waals surface area contributed by atoms with Gasteiger partial charge in [0.15, 0.2) is 5.52 Å². The zero-order chi connectivity index (χ0) is 25.0. The van der Waals surface area contributed by atoms with E-state index in [0.717, 1.165) is 57.9 Å². The minimum Gasteiger partial charge on any atom is -0.387 e. The highest BCUT2D eigenvalue weighted by Gasteiger charge is 2.20. The molecule has 0 unspecified atom stereocenters. The van der Waals surface area contributed by atoms with Gasteiger partial charge in [-0.15, -0.1) is 0 Å². The molecule has 0 aliphatic carbocycles. The number of hydrogen-bond acceptors (Lipinski definition) is 10. The van der Waals surface area contributed by atoms with Crippen LogP contribution in [0.1, 0.15) is 51.4 Å². The molecule has 2 aromatic rings. The topological polar surface area (TPSA) is 198 Å². The van der Waals surface area contributed by atoms with Crippen LogP contribution in [0.25, 0.3) is 11.0 Å². The largest absolute Gasteiger partial charge is 0.387 e. The molecule has 0 aliphatic heterocycles. The van der Waals surface area contributed by atoms with Crippen molar-refractivity contribution in [3.05, 3.63) is 34.4 Å². The van der Waals surface area contributed by atoms with Crippen LogP contribution in [0.5, 0.6) is 0 Å². The van der Waals surface area contributed by atoms with E-state index in [2.05, 4.69) is 20.3 Å². The SMILES string of the molecule is N[C@H](CSP(=O)(O)O)[C@H](O)/C=C/CCCCCCCCCNc1ccc([N+](=O)[O-])c2nonc12. The van der Waals surface area contributed by atoms with Crippen molar-refractivity contribution in [1.82, 2.24) is 10.3 Å². The molecule has 6 N–H and O–H groups in total. The predicted octanol–water partition coefficient (Wildman–Crippen LogP) is 3.73. The maximum atomic E-state index is 11.0. The van der Waals surface area contributed by atoms with Gasteiger partial charge < -0.3 is 25.9 Å². The molecular formula is C20H32N5O7PS. The smallest absolute Gasteiger partial charge is 0.384 e. The number of nitro groups is 1. The summed E-state index contributed by atoms with van der Waals surface area (Å²) in [5.41, 5.74) is 6.76. The summed E-state index contributed by atoms with van der Waals surface area (Å²) in [6.07, 6.45) is 10.8. The minimum absolute atomic E-state index is 0.0130. The molecule has 1 aromatic carbocycles. The lowest BCUT2D eigenvalue weighted by molar-refractivity contribution is -0.383. The average Bonchev–Trinajstić information content (AvgIpc) is 3.27. The lowest BCUT2D eigenvalue weighted by atomic mass is 10.1. The fraction of sp³-hybridized carbons (Fsp3) is 0.600. The maximum absolute atomic E-state index is 11.0. The van der Waals surface area contributed by atoms with Crippen molar-refractivity contribution in [2.75, 3.05) is 17.6 Å². The summed E-state index contributed by atoms with van der Waals surface area (Å²) in [6, 6.07) is 2.29. The van der Waals surface area contributed by atoms with Gasteiger partial charge in [0.1, 0.15) is 0 Å². The van der Waals surface area contributed by atoms with Crippen molar-refractivity contribution in [1.29, 1.82) is 0 Å². The van der Waals surface area contributed by atoms with E-state index < -0.39 is 23.9 Å². The van der Waals surface area contributed by atoms with Crippen LogP contribution < -0.4 is 11.1 Å². The second-order valence-corrected chi connectivity index (χ2v) is 11.7. The molecule has 0 saturated carbocycles. The molecule has 0 bridgehead atoms. The van der Waals surface area contributed by atoms with E-state index in [1.807, 2.05) is 6.08 Å². The van der Waals surface area contributed by atoms with Gasteiger partial charge in [0, 0.05) is 24.4 Å². The normalized spacial score (nSPS) is 14.0. The maximum Gasteiger partial charge on any atom is 0.384 e. The van der Waals surface area contributed by atoms with Gasteiger partial charge in [0.2, 0.25) is 5.52 Å². The highest BCUT2D eigenvalue weighted by molar-refractivity contribution is 8.54. The third-order valence-electron chi connectivity index (χ3n) is 5.16. The molecule has 1 heterocycles. The summed E-state index contributed by atoms with van der Waals surface area (Å²) in [4.78, 5) is 28.1. The number of nitrogens with two attached hydrogens (primary N) is 1. The molecule has 14 heteroatoms. The number of nitro benzene ring substituents is 1. The van der Waals surface area contributed by atoms with E-state index >= 15 is 0 Å². The molecule has 1 aromatic heterocycles. The van der Waals surface area contributed by atoms with Crippen LogP contribution in [0.4, 0.5) is 11.4 Å². The third kappa shape index (κ3) is 10.1. The molecule has 0 spiro atoms. The Morgan fingerprint density at radius 1 is 1.15 bits per heavy atom. The molecule has 0 fully saturated rings. The van der Waals surface area contributed by atoms with Crippen LogP contribution in [0.15, 0.2) is 28.9 Å². The van der Waals surface area contributed by atoms with Crippen molar-refractivity contribution >= 4 is 40.6 Å². The Bertz CT molecular complexity index is 983. The summed E-state index contributed by atoms with van der Waals surface area (Å²) in [7, 11) is 0. The summed E-state index contributed by atoms with van der Waals surface area (Å²) in [5.74, 6) is -0.0130. The lowest BCUT2D eigenvalue weighted by Gasteiger charge is -2.15. The van der Waals surface area contributed by atoms with Crippen LogP contribution in [-0.2, 0) is 4.57 Å². The van der Waals surface area contributed by atoms with Crippen molar-refractivity contribution in [2.45, 2.75) is 63.5 Å². The number of aliphatic hydroxyl groups excluding tert-OH is 1. The number of aliphatic hydroxyl groups is 1. The number of hydrogen-bond donors (Lipinski definition) is 5. The molecule has 12 nitrogen and oxygen atoms in total. The van der Waals surface area contributed by atoms with Crippen molar-refractivity contribution in [3.8, 4) is 0 Å². The van der Waals surface area contributed by atoms with Crippen LogP contribution in [0.2, 0.25) is 0 Å². The van der Waals surface area contributed by atoms with Crippen molar-refractivity contribution in [3.63, 3.8) is 0 Å². The molecule has 2 atom stereocenters. The zero-order valence-corrected chi connectivity index (χ0v) is 20.5. The zero-order valence-electron chi connectivity index (χ0n) is 18.8. The molecule has 0 radical (unpaired) electrons. The first-order chi connectivity index (χ1) is 16.2. The molecule has 0 saturated heterocycles. The Labute approximate surface area is 201 Å². The molecule has 0 amide bonds. The van der Waals surface area contributed by atoms with Gasteiger partial charge in [-0.1, -0.05) is 44.3 Å². The summed E-state index contributed by atoms with van der Waals surface area (Å²) >= 11 is 0.443. The van der Waals surface area contributed by atoms with E-state index in [-0.39, 0.29) is 17.0 Å². The first-order valence-electron chi connectivity index (χ1n) is 11.1. The number of unbranched alkanes of at least 4 members (excludes halogenated alkanes) is 7. The van der Waals surface area contributed by atoms with Crippen molar-refractivity contribution < 1.29 is 29.0 Å².